The lowest BCUT2D eigenvalue weighted by Gasteiger charge is -2.50. The number of phenolic OH excluding ortho intramolecular Hbond substituents is 1. The van der Waals surface area contributed by atoms with Crippen LogP contribution < -0.4 is 11.1 Å². The first-order chi connectivity index (χ1) is 20.1. The zero-order chi connectivity index (χ0) is 31.6. The van der Waals surface area contributed by atoms with Gasteiger partial charge in [-0.1, -0.05) is 26.8 Å². The molecule has 2 aromatic rings. The fraction of sp³-hybridized carbons (Fsp3) is 0.438. The van der Waals surface area contributed by atoms with Gasteiger partial charge in [-0.05, 0) is 62.0 Å². The molecule has 0 radical (unpaired) electrons. The zero-order valence-corrected chi connectivity index (χ0v) is 24.9. The van der Waals surface area contributed by atoms with E-state index in [-0.39, 0.29) is 41.7 Å². The van der Waals surface area contributed by atoms with Crippen LogP contribution in [0, 0.1) is 17.3 Å². The van der Waals surface area contributed by atoms with E-state index in [0.717, 1.165) is 0 Å². The van der Waals surface area contributed by atoms with Crippen LogP contribution in [0.4, 0.5) is 0 Å². The van der Waals surface area contributed by atoms with Gasteiger partial charge in [-0.2, -0.15) is 0 Å². The highest BCUT2D eigenvalue weighted by Crippen LogP contribution is 2.54. The summed E-state index contributed by atoms with van der Waals surface area (Å²) in [5.74, 6) is -6.76. The largest absolute Gasteiger partial charge is 0.508 e. The van der Waals surface area contributed by atoms with E-state index < -0.39 is 58.0 Å². The summed E-state index contributed by atoms with van der Waals surface area (Å²) in [6.45, 7) is 7.12. The summed E-state index contributed by atoms with van der Waals surface area (Å²) < 4.78 is 0. The number of fused-ring (bicyclic) bond motifs is 3. The average Bonchev–Trinajstić information content (AvgIpc) is 2.91. The third-order valence-electron chi connectivity index (χ3n) is 8.71. The second-order valence-electron chi connectivity index (χ2n) is 13.1. The second kappa shape index (κ2) is 10.6. The number of phenols is 1. The molecule has 3 aliphatic rings. The molecule has 3 aliphatic carbocycles. The molecule has 1 amide bonds. The number of hydrogen-bond acceptors (Lipinski definition) is 10. The monoisotopic (exact) mass is 590 g/mol. The fourth-order valence-electron chi connectivity index (χ4n) is 6.82. The van der Waals surface area contributed by atoms with E-state index in [1.165, 1.54) is 4.90 Å². The number of pyridine rings is 1. The van der Waals surface area contributed by atoms with E-state index in [1.807, 2.05) is 18.2 Å². The Morgan fingerprint density at radius 1 is 1.19 bits per heavy atom. The lowest BCUT2D eigenvalue weighted by Crippen LogP contribution is -2.65. The molecule has 43 heavy (non-hydrogen) atoms. The Morgan fingerprint density at radius 3 is 2.47 bits per heavy atom. The van der Waals surface area contributed by atoms with Crippen molar-refractivity contribution in [1.82, 2.24) is 15.2 Å². The molecule has 0 aliphatic heterocycles. The number of ketones is 2. The topological polar surface area (TPSA) is 186 Å². The number of aliphatic hydroxyl groups is 3. The van der Waals surface area contributed by atoms with Crippen molar-refractivity contribution in [2.24, 2.45) is 23.0 Å². The van der Waals surface area contributed by atoms with Crippen LogP contribution in [-0.4, -0.2) is 80.1 Å². The van der Waals surface area contributed by atoms with Crippen LogP contribution in [-0.2, 0) is 27.3 Å². The Morgan fingerprint density at radius 2 is 1.88 bits per heavy atom. The van der Waals surface area contributed by atoms with E-state index >= 15 is 0 Å². The van der Waals surface area contributed by atoms with Crippen LogP contribution in [0.2, 0.25) is 0 Å². The average molecular weight is 591 g/mol. The standard InChI is InChI=1S/C32H38N4O7/c1-31(2,3)14-34-13-16-11-17(20-8-6-7-9-35-20)18-10-15-12-19-24(36(4)5)27(39)23(30(33)42)29(41)32(19,43)28(40)21(15)26(38)22(18)25(16)37/h6-9,11,15,19,24,34,37-38,41,43H,10,12-14H2,1-5H3,(H2,33,42)/t15-,19-,24-,32-/m1/s1. The predicted octanol–water partition coefficient (Wildman–Crippen LogP) is 2.16. The molecule has 11 nitrogen and oxygen atoms in total. The SMILES string of the molecule is CN(C)[C@H]1C(=O)C(C(N)=O)=C(O)[C@]2(O)C(=O)C3=C(O)c4c(O)c(CNCC(C)(C)C)cc(-c5ccccn5)c4C[C@@H]3C[C@H]12. The quantitative estimate of drug-likeness (QED) is 0.272. The van der Waals surface area contributed by atoms with Gasteiger partial charge in [0.25, 0.3) is 5.91 Å². The van der Waals surface area contributed by atoms with Gasteiger partial charge >= 0.3 is 0 Å². The predicted molar refractivity (Wildman–Crippen MR) is 159 cm³/mol. The third-order valence-corrected chi connectivity index (χ3v) is 8.71. The highest BCUT2D eigenvalue weighted by atomic mass is 16.3. The Labute approximate surface area is 249 Å². The number of nitrogens with zero attached hydrogens (tertiary/aromatic N) is 2. The van der Waals surface area contributed by atoms with Crippen molar-refractivity contribution in [3.05, 3.63) is 64.1 Å². The number of carbonyl (C=O) groups excluding carboxylic acids is 3. The molecule has 0 spiro atoms. The highest BCUT2D eigenvalue weighted by Gasteiger charge is 2.64. The first kappa shape index (κ1) is 30.4. The van der Waals surface area contributed by atoms with Crippen molar-refractivity contribution < 1.29 is 34.8 Å². The zero-order valence-electron chi connectivity index (χ0n) is 24.9. The fourth-order valence-corrected chi connectivity index (χ4v) is 6.82. The minimum absolute atomic E-state index is 0.0169. The Kier molecular flexibility index (Phi) is 7.48. The van der Waals surface area contributed by atoms with Gasteiger partial charge in [0.2, 0.25) is 5.78 Å². The minimum atomic E-state index is -2.68. The number of aliphatic hydroxyl groups excluding tert-OH is 2. The number of benzene rings is 1. The number of carbonyl (C=O) groups is 3. The Balaban J connectivity index is 1.72. The van der Waals surface area contributed by atoms with Crippen LogP contribution in [0.5, 0.6) is 5.75 Å². The number of Topliss-reactive ketones (excluding diaryl/α,β-unsaturated/α-hetero) is 2. The molecule has 1 aromatic carbocycles. The Bertz CT molecular complexity index is 1590. The van der Waals surface area contributed by atoms with Crippen LogP contribution in [0.1, 0.15) is 43.9 Å². The molecule has 5 rings (SSSR count). The number of nitrogens with two attached hydrogens (primary N) is 1. The van der Waals surface area contributed by atoms with Gasteiger partial charge in [-0.25, -0.2) is 0 Å². The molecule has 0 saturated heterocycles. The number of primary amides is 1. The molecule has 1 saturated carbocycles. The summed E-state index contributed by atoms with van der Waals surface area (Å²) in [6, 6.07) is 6.10. The number of aromatic hydroxyl groups is 1. The summed E-state index contributed by atoms with van der Waals surface area (Å²) in [6.07, 6.45) is 1.84. The second-order valence-corrected chi connectivity index (χ2v) is 13.1. The maximum atomic E-state index is 14.2. The molecule has 0 bridgehead atoms. The first-order valence-electron chi connectivity index (χ1n) is 14.2. The lowest BCUT2D eigenvalue weighted by molar-refractivity contribution is -0.153. The first-order valence-corrected chi connectivity index (χ1v) is 14.2. The van der Waals surface area contributed by atoms with Crippen LogP contribution >= 0.6 is 0 Å². The molecule has 4 atom stereocenters. The minimum Gasteiger partial charge on any atom is -0.508 e. The van der Waals surface area contributed by atoms with Gasteiger partial charge in [0.15, 0.2) is 11.4 Å². The molecule has 7 N–H and O–H groups in total. The van der Waals surface area contributed by atoms with Crippen molar-refractivity contribution in [3.8, 4) is 17.0 Å². The van der Waals surface area contributed by atoms with Crippen LogP contribution in [0.25, 0.3) is 17.0 Å². The maximum absolute atomic E-state index is 14.2. The number of aromatic nitrogens is 1. The summed E-state index contributed by atoms with van der Waals surface area (Å²) in [5, 5.41) is 49.5. The van der Waals surface area contributed by atoms with Crippen LogP contribution in [0.3, 0.4) is 0 Å². The maximum Gasteiger partial charge on any atom is 0.255 e. The Hall–Kier alpha value is -4.06. The number of hydrogen-bond donors (Lipinski definition) is 6. The van der Waals surface area contributed by atoms with Crippen molar-refractivity contribution in [2.75, 3.05) is 20.6 Å². The summed E-state index contributed by atoms with van der Waals surface area (Å²) in [7, 11) is 3.14. The number of likely N-dealkylation sites (N-methyl/N-ethyl adjacent to an activating group) is 1. The molecule has 1 aromatic heterocycles. The summed E-state index contributed by atoms with van der Waals surface area (Å²) in [5.41, 5.74) is 4.04. The molecular weight excluding hydrogens is 552 g/mol. The summed E-state index contributed by atoms with van der Waals surface area (Å²) >= 11 is 0. The van der Waals surface area contributed by atoms with Gasteiger partial charge in [0, 0.05) is 41.9 Å². The van der Waals surface area contributed by atoms with Gasteiger partial charge in [-0.15, -0.1) is 0 Å². The number of nitrogens with one attached hydrogen (secondary N) is 1. The summed E-state index contributed by atoms with van der Waals surface area (Å²) in [4.78, 5) is 45.7. The van der Waals surface area contributed by atoms with Gasteiger partial charge in [-0.3, -0.25) is 24.3 Å². The van der Waals surface area contributed by atoms with E-state index in [4.69, 9.17) is 5.73 Å². The molecule has 0 unspecified atom stereocenters. The third kappa shape index (κ3) is 4.81. The van der Waals surface area contributed by atoms with Crippen LogP contribution in [0.15, 0.2) is 47.4 Å². The normalized spacial score (nSPS) is 25.5. The van der Waals surface area contributed by atoms with E-state index in [1.54, 1.807) is 26.4 Å². The van der Waals surface area contributed by atoms with Gasteiger partial charge in [0.05, 0.1) is 17.3 Å². The lowest BCUT2D eigenvalue weighted by atomic mass is 9.57. The van der Waals surface area contributed by atoms with E-state index in [9.17, 15) is 34.8 Å². The van der Waals surface area contributed by atoms with Crippen molar-refractivity contribution in [2.45, 2.75) is 51.8 Å². The molecule has 1 heterocycles. The van der Waals surface area contributed by atoms with Crippen molar-refractivity contribution in [1.29, 1.82) is 0 Å². The van der Waals surface area contributed by atoms with E-state index in [0.29, 0.717) is 28.9 Å². The molecular formula is C32H38N4O7. The van der Waals surface area contributed by atoms with Crippen molar-refractivity contribution in [3.63, 3.8) is 0 Å². The number of rotatable bonds is 6. The molecule has 1 fully saturated rings. The number of amides is 1. The molecule has 11 heteroatoms. The smallest absolute Gasteiger partial charge is 0.255 e. The van der Waals surface area contributed by atoms with E-state index in [2.05, 4.69) is 31.1 Å². The van der Waals surface area contributed by atoms with Gasteiger partial charge < -0.3 is 31.5 Å². The molecule has 228 valence electrons. The van der Waals surface area contributed by atoms with Gasteiger partial charge in [0.1, 0.15) is 22.8 Å². The van der Waals surface area contributed by atoms with Crippen molar-refractivity contribution >= 4 is 23.2 Å². The highest BCUT2D eigenvalue weighted by molar-refractivity contribution is 6.24.